The van der Waals surface area contributed by atoms with E-state index in [-0.39, 0.29) is 85.3 Å². The molecule has 0 heterocycles. The zero-order chi connectivity index (χ0) is 0. The molecule has 0 fully saturated rings. The molecule has 0 spiro atoms. The second-order valence-electron chi connectivity index (χ2n) is 0. The minimum atomic E-state index is 0. The van der Waals surface area contributed by atoms with E-state index in [1.807, 2.05) is 0 Å². The van der Waals surface area contributed by atoms with Crippen LogP contribution in [0, 0.1) is 0 Å². The van der Waals surface area contributed by atoms with Crippen LogP contribution in [0.1, 0.15) is 0 Å². The fourth-order valence-electron chi connectivity index (χ4n) is 0. The van der Waals surface area contributed by atoms with Gasteiger partial charge in [-0.05, 0) is 0 Å². The molecule has 0 bridgehead atoms. The second kappa shape index (κ2) is 98.9. The predicted octanol–water partition coefficient (Wildman–Crippen LogP) is -0.366. The van der Waals surface area contributed by atoms with Crippen LogP contribution in [-0.4, -0.2) is 0 Å². The first-order chi connectivity index (χ1) is 0. The van der Waals surface area contributed by atoms with E-state index in [1.54, 1.807) is 0 Å². The molecule has 0 aromatic rings. The van der Waals surface area contributed by atoms with Crippen molar-refractivity contribution in [1.29, 1.82) is 0 Å². The summed E-state index contributed by atoms with van der Waals surface area (Å²) in [6.07, 6.45) is 0. The predicted molar refractivity (Wildman–Crippen MR) is 2.06 cm³/mol. The minimum Gasteiger partial charge on any atom is -2.00 e. The maximum Gasteiger partial charge on any atom is 3.00 e. The van der Waals surface area contributed by atoms with E-state index >= 15 is 0 Å². The molecule has 7 heteroatoms. The van der Waals surface area contributed by atoms with E-state index in [2.05, 4.69) is 0 Å². The third-order valence-corrected chi connectivity index (χ3v) is 0. The summed E-state index contributed by atoms with van der Waals surface area (Å²) >= 11 is 0. The van der Waals surface area contributed by atoms with Crippen LogP contribution in [0.15, 0.2) is 0 Å². The van der Waals surface area contributed by atoms with Crippen molar-refractivity contribution in [2.45, 2.75) is 0 Å². The van der Waals surface area contributed by atoms with Gasteiger partial charge < -0.3 is 16.4 Å². The van der Waals surface area contributed by atoms with E-state index < -0.39 is 0 Å². The van der Waals surface area contributed by atoms with Crippen LogP contribution in [0.25, 0.3) is 0 Å². The number of hydrogen-bond acceptors (Lipinski definition) is 0. The van der Waals surface area contributed by atoms with E-state index in [9.17, 15) is 0 Å². The van der Waals surface area contributed by atoms with Crippen LogP contribution < -0.4 is 0 Å². The quantitative estimate of drug-likeness (QED) is 0.542. The van der Waals surface area contributed by atoms with Crippen molar-refractivity contribution in [3.63, 3.8) is 0 Å². The van der Waals surface area contributed by atoms with Gasteiger partial charge in [0.1, 0.15) is 0 Å². The van der Waals surface area contributed by atoms with Gasteiger partial charge in [-0.2, -0.15) is 0 Å². The van der Waals surface area contributed by atoms with Gasteiger partial charge >= 0.3 is 34.7 Å². The fraction of sp³-hybridized carbons (Fsp3) is 0. The van der Waals surface area contributed by atoms with Crippen molar-refractivity contribution in [1.82, 2.24) is 0 Å². The molecule has 0 amide bonds. The average molecular weight is 279 g/mol. The standard InChI is InChI=1S/2Cr.2Cu.3O/q2*+3;;;3*-2. The van der Waals surface area contributed by atoms with Crippen molar-refractivity contribution < 1.29 is 85.3 Å². The molecule has 52 valence electrons. The van der Waals surface area contributed by atoms with Gasteiger partial charge in [0.2, 0.25) is 0 Å². The van der Waals surface area contributed by atoms with Crippen LogP contribution in [0.4, 0.5) is 0 Å². The van der Waals surface area contributed by atoms with E-state index in [4.69, 9.17) is 0 Å². The molecule has 0 atom stereocenters. The monoisotopic (exact) mass is 278 g/mol. The zero-order valence-corrected chi connectivity index (χ0v) is 7.08. The molecule has 0 aliphatic carbocycles. The summed E-state index contributed by atoms with van der Waals surface area (Å²) in [6.45, 7) is 0. The number of rotatable bonds is 0. The van der Waals surface area contributed by atoms with Gasteiger partial charge in [-0.25, -0.2) is 0 Å². The molecular weight excluding hydrogens is 279 g/mol. The van der Waals surface area contributed by atoms with Crippen LogP contribution in [0.5, 0.6) is 0 Å². The number of hydrogen-bond donors (Lipinski definition) is 0. The molecule has 0 unspecified atom stereocenters. The summed E-state index contributed by atoms with van der Waals surface area (Å²) in [5.41, 5.74) is 0. The average Bonchev–Trinajstić information content (AvgIpc) is 0. The summed E-state index contributed by atoms with van der Waals surface area (Å²) in [5, 5.41) is 0. The first-order valence-electron chi connectivity index (χ1n) is 0. The first-order valence-corrected chi connectivity index (χ1v) is 0. The molecule has 0 aromatic carbocycles. The Labute approximate surface area is 84.7 Å². The van der Waals surface area contributed by atoms with Gasteiger partial charge in [-0.15, -0.1) is 0 Å². The molecule has 0 aliphatic heterocycles. The molecular formula is Cr2Cu2O3. The summed E-state index contributed by atoms with van der Waals surface area (Å²) in [7, 11) is 0. The molecule has 0 aliphatic rings. The van der Waals surface area contributed by atoms with Gasteiger partial charge in [0.05, 0.1) is 0 Å². The van der Waals surface area contributed by atoms with E-state index in [0.29, 0.717) is 0 Å². The van der Waals surface area contributed by atoms with Crippen LogP contribution in [0.2, 0.25) is 0 Å². The molecule has 0 saturated carbocycles. The summed E-state index contributed by atoms with van der Waals surface area (Å²) in [6, 6.07) is 0. The van der Waals surface area contributed by atoms with Gasteiger partial charge in [-0.3, -0.25) is 0 Å². The topological polar surface area (TPSA) is 85.5 Å². The van der Waals surface area contributed by atoms with Crippen LogP contribution in [-0.2, 0) is 85.3 Å². The molecule has 0 rings (SSSR count). The molecule has 3 nitrogen and oxygen atoms in total. The Morgan fingerprint density at radius 2 is 0.429 bits per heavy atom. The molecule has 0 N–H and O–H groups in total. The summed E-state index contributed by atoms with van der Waals surface area (Å²) in [4.78, 5) is 0. The van der Waals surface area contributed by atoms with Crippen molar-refractivity contribution in [2.75, 3.05) is 0 Å². The maximum atomic E-state index is 0. The second-order valence-corrected chi connectivity index (χ2v) is 0. The van der Waals surface area contributed by atoms with Crippen LogP contribution >= 0.6 is 0 Å². The molecule has 0 saturated heterocycles. The normalized spacial score (nSPS) is 0. The van der Waals surface area contributed by atoms with Gasteiger partial charge in [0, 0.05) is 34.1 Å². The Morgan fingerprint density at radius 1 is 0.429 bits per heavy atom. The smallest absolute Gasteiger partial charge is 2.00 e. The van der Waals surface area contributed by atoms with Crippen molar-refractivity contribution >= 4 is 0 Å². The molecule has 0 aromatic heterocycles. The zero-order valence-electron chi connectivity index (χ0n) is 2.64. The third kappa shape index (κ3) is 72.6. The Balaban J connectivity index is 0. The molecule has 4 radical (unpaired) electrons. The Hall–Kier alpha value is 1.98. The van der Waals surface area contributed by atoms with E-state index in [0.717, 1.165) is 0 Å². The third-order valence-electron chi connectivity index (χ3n) is 0. The first kappa shape index (κ1) is 145. The Bertz CT molecular complexity index is 10.9. The summed E-state index contributed by atoms with van der Waals surface area (Å²) < 4.78 is 0. The van der Waals surface area contributed by atoms with Gasteiger partial charge in [0.25, 0.3) is 0 Å². The van der Waals surface area contributed by atoms with E-state index in [1.165, 1.54) is 0 Å². The Morgan fingerprint density at radius 3 is 0.429 bits per heavy atom. The SMILES string of the molecule is [Cr+3].[Cr+3].[Cu].[Cu].[O-2].[O-2].[O-2]. The Kier molecular flexibility index (Phi) is 2060. The van der Waals surface area contributed by atoms with Gasteiger partial charge in [-0.1, -0.05) is 0 Å². The molecule has 7 heavy (non-hydrogen) atoms. The van der Waals surface area contributed by atoms with Crippen molar-refractivity contribution in [2.24, 2.45) is 0 Å². The van der Waals surface area contributed by atoms with Gasteiger partial charge in [0.15, 0.2) is 0 Å². The van der Waals surface area contributed by atoms with Crippen molar-refractivity contribution in [3.05, 3.63) is 0 Å². The minimum absolute atomic E-state index is 0. The fourth-order valence-corrected chi connectivity index (χ4v) is 0. The summed E-state index contributed by atoms with van der Waals surface area (Å²) in [5.74, 6) is 0. The maximum absolute atomic E-state index is 0. The van der Waals surface area contributed by atoms with Crippen LogP contribution in [0.3, 0.4) is 0 Å². The largest absolute Gasteiger partial charge is 3.00 e. The van der Waals surface area contributed by atoms with Crippen molar-refractivity contribution in [3.8, 4) is 0 Å².